The van der Waals surface area contributed by atoms with Crippen molar-refractivity contribution in [2.45, 2.75) is 20.4 Å². The van der Waals surface area contributed by atoms with Gasteiger partial charge in [-0.25, -0.2) is 4.68 Å². The topological polar surface area (TPSA) is 115 Å². The number of rotatable bonds is 5. The summed E-state index contributed by atoms with van der Waals surface area (Å²) in [6.45, 7) is 3.91. The molecule has 0 bridgehead atoms. The van der Waals surface area contributed by atoms with Crippen molar-refractivity contribution in [2.75, 3.05) is 13.6 Å². The van der Waals surface area contributed by atoms with E-state index in [-0.39, 0.29) is 18.1 Å². The number of carbonyl (C=O) groups excluding carboxylic acids is 2. The lowest BCUT2D eigenvalue weighted by molar-refractivity contribution is -0.119. The van der Waals surface area contributed by atoms with Gasteiger partial charge in [-0.2, -0.15) is 8.75 Å². The zero-order chi connectivity index (χ0) is 15.4. The van der Waals surface area contributed by atoms with Crippen molar-refractivity contribution in [3.05, 3.63) is 22.8 Å². The standard InChI is InChI=1S/C11H15N7O2S/c1-6-8(16-21-15-6)5-18-7(2)10(14-17-18)11(20)13-4-9(19)12-3/h4-5H2,1-3H3,(H,12,19)(H,13,20). The second kappa shape index (κ2) is 6.39. The molecular weight excluding hydrogens is 294 g/mol. The van der Waals surface area contributed by atoms with Crippen LogP contribution in [0, 0.1) is 13.8 Å². The molecule has 0 atom stereocenters. The third kappa shape index (κ3) is 3.40. The van der Waals surface area contributed by atoms with Crippen molar-refractivity contribution < 1.29 is 9.59 Å². The molecule has 0 unspecified atom stereocenters. The summed E-state index contributed by atoms with van der Waals surface area (Å²) in [4.78, 5) is 23.0. The molecule has 10 heteroatoms. The normalized spacial score (nSPS) is 10.4. The average molecular weight is 309 g/mol. The minimum absolute atomic E-state index is 0.100. The highest BCUT2D eigenvalue weighted by atomic mass is 32.1. The molecule has 0 aliphatic rings. The molecule has 9 nitrogen and oxygen atoms in total. The zero-order valence-electron chi connectivity index (χ0n) is 11.9. The third-order valence-electron chi connectivity index (χ3n) is 2.93. The Bertz CT molecular complexity index is 663. The monoisotopic (exact) mass is 309 g/mol. The molecule has 21 heavy (non-hydrogen) atoms. The molecule has 2 aromatic rings. The van der Waals surface area contributed by atoms with Gasteiger partial charge in [0, 0.05) is 7.05 Å². The van der Waals surface area contributed by atoms with E-state index in [9.17, 15) is 9.59 Å². The van der Waals surface area contributed by atoms with Gasteiger partial charge in [0.2, 0.25) is 5.91 Å². The smallest absolute Gasteiger partial charge is 0.274 e. The number of likely N-dealkylation sites (N-methyl/N-ethyl adjacent to an activating group) is 1. The van der Waals surface area contributed by atoms with E-state index in [2.05, 4.69) is 29.7 Å². The average Bonchev–Trinajstić information content (AvgIpc) is 3.04. The first-order chi connectivity index (χ1) is 10.0. The summed E-state index contributed by atoms with van der Waals surface area (Å²) >= 11 is 1.13. The fraction of sp³-hybridized carbons (Fsp3) is 0.455. The number of aryl methyl sites for hydroxylation is 1. The first-order valence-corrected chi connectivity index (χ1v) is 6.93. The number of carbonyl (C=O) groups is 2. The Morgan fingerprint density at radius 2 is 2.05 bits per heavy atom. The molecule has 2 N–H and O–H groups in total. The molecule has 0 aliphatic carbocycles. The van der Waals surface area contributed by atoms with Crippen molar-refractivity contribution in [2.24, 2.45) is 0 Å². The summed E-state index contributed by atoms with van der Waals surface area (Å²) < 4.78 is 9.84. The van der Waals surface area contributed by atoms with E-state index in [1.54, 1.807) is 11.6 Å². The summed E-state index contributed by atoms with van der Waals surface area (Å²) in [5, 5.41) is 12.7. The molecule has 0 fully saturated rings. The van der Waals surface area contributed by atoms with Crippen molar-refractivity contribution in [3.8, 4) is 0 Å². The third-order valence-corrected chi connectivity index (χ3v) is 3.59. The van der Waals surface area contributed by atoms with Gasteiger partial charge < -0.3 is 10.6 Å². The van der Waals surface area contributed by atoms with Crippen LogP contribution in [0.4, 0.5) is 0 Å². The molecule has 0 aromatic carbocycles. The summed E-state index contributed by atoms with van der Waals surface area (Å²) in [5.74, 6) is -0.715. The maximum atomic E-state index is 11.9. The van der Waals surface area contributed by atoms with E-state index in [1.807, 2.05) is 6.92 Å². The quantitative estimate of drug-likeness (QED) is 0.752. The summed E-state index contributed by atoms with van der Waals surface area (Å²) in [5.41, 5.74) is 2.43. The van der Waals surface area contributed by atoms with Crippen molar-refractivity contribution in [1.29, 1.82) is 0 Å². The van der Waals surface area contributed by atoms with Crippen LogP contribution in [-0.4, -0.2) is 49.1 Å². The van der Waals surface area contributed by atoms with Gasteiger partial charge in [0.15, 0.2) is 5.69 Å². The predicted octanol–water partition coefficient (Wildman–Crippen LogP) is -0.729. The molecular formula is C11H15N7O2S. The Balaban J connectivity index is 2.08. The van der Waals surface area contributed by atoms with Crippen LogP contribution in [0.1, 0.15) is 27.6 Å². The Labute approximate surface area is 125 Å². The van der Waals surface area contributed by atoms with Crippen LogP contribution in [0.3, 0.4) is 0 Å². The summed E-state index contributed by atoms with van der Waals surface area (Å²) in [6.07, 6.45) is 0. The second-order valence-electron chi connectivity index (χ2n) is 4.33. The Morgan fingerprint density at radius 1 is 1.29 bits per heavy atom. The maximum absolute atomic E-state index is 11.9. The van der Waals surface area contributed by atoms with Crippen LogP contribution in [0.15, 0.2) is 0 Å². The van der Waals surface area contributed by atoms with Crippen LogP contribution in [0.25, 0.3) is 0 Å². The molecule has 2 rings (SSSR count). The Morgan fingerprint density at radius 3 is 2.67 bits per heavy atom. The van der Waals surface area contributed by atoms with Crippen LogP contribution in [0.2, 0.25) is 0 Å². The van der Waals surface area contributed by atoms with Gasteiger partial charge in [-0.3, -0.25) is 9.59 Å². The van der Waals surface area contributed by atoms with E-state index < -0.39 is 5.91 Å². The highest BCUT2D eigenvalue weighted by Crippen LogP contribution is 2.09. The fourth-order valence-corrected chi connectivity index (χ4v) is 2.14. The molecule has 0 spiro atoms. The van der Waals surface area contributed by atoms with E-state index in [1.165, 1.54) is 7.05 Å². The van der Waals surface area contributed by atoms with Crippen molar-refractivity contribution in [3.63, 3.8) is 0 Å². The second-order valence-corrected chi connectivity index (χ2v) is 4.86. The predicted molar refractivity (Wildman–Crippen MR) is 74.9 cm³/mol. The van der Waals surface area contributed by atoms with Crippen LogP contribution in [0.5, 0.6) is 0 Å². The Kier molecular flexibility index (Phi) is 4.58. The summed E-state index contributed by atoms with van der Waals surface area (Å²) in [6, 6.07) is 0. The maximum Gasteiger partial charge on any atom is 0.274 e. The minimum atomic E-state index is -0.435. The zero-order valence-corrected chi connectivity index (χ0v) is 12.7. The molecule has 0 saturated heterocycles. The molecule has 0 radical (unpaired) electrons. The van der Waals surface area contributed by atoms with Gasteiger partial charge in [0.25, 0.3) is 5.91 Å². The molecule has 2 amide bonds. The lowest BCUT2D eigenvalue weighted by Crippen LogP contribution is -2.35. The molecule has 112 valence electrons. The van der Waals surface area contributed by atoms with Gasteiger partial charge in [0.05, 0.1) is 41.9 Å². The molecule has 0 aliphatic heterocycles. The van der Waals surface area contributed by atoms with E-state index in [4.69, 9.17) is 0 Å². The number of hydrogen-bond donors (Lipinski definition) is 2. The first-order valence-electron chi connectivity index (χ1n) is 6.19. The minimum Gasteiger partial charge on any atom is -0.358 e. The highest BCUT2D eigenvalue weighted by Gasteiger charge is 2.18. The van der Waals surface area contributed by atoms with Crippen molar-refractivity contribution in [1.82, 2.24) is 34.4 Å². The fourth-order valence-electron chi connectivity index (χ4n) is 1.59. The van der Waals surface area contributed by atoms with Gasteiger partial charge >= 0.3 is 0 Å². The van der Waals surface area contributed by atoms with Gasteiger partial charge in [-0.15, -0.1) is 5.10 Å². The number of aromatic nitrogens is 5. The molecule has 2 heterocycles. The van der Waals surface area contributed by atoms with E-state index in [0.717, 1.165) is 23.1 Å². The number of hydrogen-bond acceptors (Lipinski definition) is 7. The molecule has 0 saturated carbocycles. The lowest BCUT2D eigenvalue weighted by Gasteiger charge is -2.03. The lowest BCUT2D eigenvalue weighted by atomic mass is 10.3. The Hall–Kier alpha value is -2.36. The van der Waals surface area contributed by atoms with Crippen LogP contribution >= 0.6 is 11.7 Å². The van der Waals surface area contributed by atoms with Gasteiger partial charge in [-0.05, 0) is 13.8 Å². The molecule has 2 aromatic heterocycles. The van der Waals surface area contributed by atoms with Crippen LogP contribution < -0.4 is 10.6 Å². The van der Waals surface area contributed by atoms with E-state index >= 15 is 0 Å². The van der Waals surface area contributed by atoms with Crippen molar-refractivity contribution >= 4 is 23.5 Å². The first kappa shape index (κ1) is 15.0. The largest absolute Gasteiger partial charge is 0.358 e. The number of nitrogens with zero attached hydrogens (tertiary/aromatic N) is 5. The number of nitrogens with one attached hydrogen (secondary N) is 2. The summed E-state index contributed by atoms with van der Waals surface area (Å²) in [7, 11) is 1.50. The van der Waals surface area contributed by atoms with E-state index in [0.29, 0.717) is 12.2 Å². The van der Waals surface area contributed by atoms with Gasteiger partial charge in [-0.1, -0.05) is 5.21 Å². The number of amides is 2. The SMILES string of the molecule is CNC(=O)CNC(=O)c1nnn(Cc2nsnc2C)c1C. The highest BCUT2D eigenvalue weighted by molar-refractivity contribution is 6.99. The van der Waals surface area contributed by atoms with Crippen LogP contribution in [-0.2, 0) is 11.3 Å². The van der Waals surface area contributed by atoms with Gasteiger partial charge in [0.1, 0.15) is 0 Å².